The first-order chi connectivity index (χ1) is 9.63. The number of rotatable bonds is 2. The maximum atomic E-state index is 4.46. The van der Waals surface area contributed by atoms with Crippen molar-refractivity contribution in [1.29, 1.82) is 0 Å². The SMILES string of the molecule is Brc1cnc(Nc2cccc3cc(Br)cnc23)c(Br)c1. The number of aromatic nitrogens is 2. The van der Waals surface area contributed by atoms with E-state index in [4.69, 9.17) is 0 Å². The van der Waals surface area contributed by atoms with Gasteiger partial charge < -0.3 is 5.32 Å². The van der Waals surface area contributed by atoms with Gasteiger partial charge in [-0.3, -0.25) is 4.98 Å². The Balaban J connectivity index is 2.06. The van der Waals surface area contributed by atoms with Crippen molar-refractivity contribution in [2.45, 2.75) is 0 Å². The van der Waals surface area contributed by atoms with Crippen molar-refractivity contribution in [3.8, 4) is 0 Å². The van der Waals surface area contributed by atoms with Crippen molar-refractivity contribution >= 4 is 70.2 Å². The lowest BCUT2D eigenvalue weighted by Crippen LogP contribution is -1.96. The molecule has 6 heteroatoms. The Bertz CT molecular complexity index is 790. The first kappa shape index (κ1) is 14.0. The van der Waals surface area contributed by atoms with Crippen LogP contribution in [0.4, 0.5) is 11.5 Å². The zero-order valence-electron chi connectivity index (χ0n) is 10.1. The Morgan fingerprint density at radius 1 is 0.900 bits per heavy atom. The highest BCUT2D eigenvalue weighted by Gasteiger charge is 2.07. The summed E-state index contributed by atoms with van der Waals surface area (Å²) in [6.45, 7) is 0. The standard InChI is InChI=1S/C14H8Br3N3/c15-9-4-8-2-1-3-12(13(8)18-6-9)20-14-11(17)5-10(16)7-19-14/h1-7H,(H,19,20). The second kappa shape index (κ2) is 5.79. The third-order valence-corrected chi connectivity index (χ3v) is 4.21. The summed E-state index contributed by atoms with van der Waals surface area (Å²) in [6.07, 6.45) is 3.54. The Morgan fingerprint density at radius 3 is 2.45 bits per heavy atom. The molecule has 0 saturated heterocycles. The summed E-state index contributed by atoms with van der Waals surface area (Å²) < 4.78 is 2.78. The summed E-state index contributed by atoms with van der Waals surface area (Å²) in [4.78, 5) is 8.82. The van der Waals surface area contributed by atoms with Crippen molar-refractivity contribution in [2.24, 2.45) is 0 Å². The summed E-state index contributed by atoms with van der Waals surface area (Å²) in [5.74, 6) is 0.755. The minimum Gasteiger partial charge on any atom is -0.338 e. The van der Waals surface area contributed by atoms with Gasteiger partial charge in [0, 0.05) is 26.7 Å². The van der Waals surface area contributed by atoms with Crippen LogP contribution in [0.5, 0.6) is 0 Å². The average Bonchev–Trinajstić information content (AvgIpc) is 2.41. The molecule has 20 heavy (non-hydrogen) atoms. The van der Waals surface area contributed by atoms with Gasteiger partial charge in [0.2, 0.25) is 0 Å². The summed E-state index contributed by atoms with van der Waals surface area (Å²) in [6, 6.07) is 10.00. The Labute approximate surface area is 141 Å². The second-order valence-corrected chi connectivity index (χ2v) is 6.83. The highest BCUT2D eigenvalue weighted by atomic mass is 79.9. The Morgan fingerprint density at radius 2 is 1.65 bits per heavy atom. The summed E-state index contributed by atoms with van der Waals surface area (Å²) in [5.41, 5.74) is 1.83. The van der Waals surface area contributed by atoms with Gasteiger partial charge in [-0.1, -0.05) is 12.1 Å². The number of para-hydroxylation sites is 1. The molecule has 0 amide bonds. The Kier molecular flexibility index (Phi) is 4.05. The number of nitrogens with one attached hydrogen (secondary N) is 1. The maximum Gasteiger partial charge on any atom is 0.144 e. The molecule has 0 aliphatic carbocycles. The molecule has 2 heterocycles. The lowest BCUT2D eigenvalue weighted by Gasteiger charge is -2.10. The van der Waals surface area contributed by atoms with Gasteiger partial charge >= 0.3 is 0 Å². The van der Waals surface area contributed by atoms with Crippen LogP contribution in [-0.4, -0.2) is 9.97 Å². The van der Waals surface area contributed by atoms with E-state index < -0.39 is 0 Å². The van der Waals surface area contributed by atoms with Gasteiger partial charge in [0.05, 0.1) is 15.7 Å². The first-order valence-electron chi connectivity index (χ1n) is 5.76. The monoisotopic (exact) mass is 455 g/mol. The van der Waals surface area contributed by atoms with Crippen molar-refractivity contribution in [3.05, 3.63) is 56.1 Å². The molecule has 1 aromatic carbocycles. The third-order valence-electron chi connectivity index (χ3n) is 2.74. The van der Waals surface area contributed by atoms with Crippen LogP contribution in [0.25, 0.3) is 10.9 Å². The molecule has 3 rings (SSSR count). The molecule has 2 aromatic heterocycles. The fourth-order valence-corrected chi connectivity index (χ4v) is 3.30. The molecule has 0 radical (unpaired) electrons. The van der Waals surface area contributed by atoms with Crippen LogP contribution in [-0.2, 0) is 0 Å². The van der Waals surface area contributed by atoms with E-state index in [0.29, 0.717) is 0 Å². The number of hydrogen-bond donors (Lipinski definition) is 1. The molecule has 1 N–H and O–H groups in total. The smallest absolute Gasteiger partial charge is 0.144 e. The van der Waals surface area contributed by atoms with Crippen molar-refractivity contribution < 1.29 is 0 Å². The van der Waals surface area contributed by atoms with E-state index >= 15 is 0 Å². The number of fused-ring (bicyclic) bond motifs is 1. The molecule has 0 unspecified atom stereocenters. The number of nitrogens with zero attached hydrogens (tertiary/aromatic N) is 2. The van der Waals surface area contributed by atoms with Gasteiger partial charge in [0.1, 0.15) is 5.82 Å². The lowest BCUT2D eigenvalue weighted by atomic mass is 10.2. The topological polar surface area (TPSA) is 37.8 Å². The fourth-order valence-electron chi connectivity index (χ4n) is 1.87. The summed E-state index contributed by atoms with van der Waals surface area (Å²) in [5, 5.41) is 4.37. The quantitative estimate of drug-likeness (QED) is 0.539. The van der Waals surface area contributed by atoms with Crippen molar-refractivity contribution in [1.82, 2.24) is 9.97 Å². The van der Waals surface area contributed by atoms with E-state index in [1.807, 2.05) is 30.3 Å². The number of anilines is 2. The van der Waals surface area contributed by atoms with Crippen molar-refractivity contribution in [3.63, 3.8) is 0 Å². The van der Waals surface area contributed by atoms with E-state index in [-0.39, 0.29) is 0 Å². The largest absolute Gasteiger partial charge is 0.338 e. The van der Waals surface area contributed by atoms with Gasteiger partial charge in [-0.15, -0.1) is 0 Å². The van der Waals surface area contributed by atoms with E-state index in [1.54, 1.807) is 12.4 Å². The molecular formula is C14H8Br3N3. The van der Waals surface area contributed by atoms with Crippen LogP contribution in [0, 0.1) is 0 Å². The lowest BCUT2D eigenvalue weighted by molar-refractivity contribution is 1.27. The summed E-state index contributed by atoms with van der Waals surface area (Å²) in [7, 11) is 0. The number of hydrogen-bond acceptors (Lipinski definition) is 3. The number of halogens is 3. The normalized spacial score (nSPS) is 10.8. The van der Waals surface area contributed by atoms with Crippen LogP contribution in [0.2, 0.25) is 0 Å². The maximum absolute atomic E-state index is 4.46. The van der Waals surface area contributed by atoms with Gasteiger partial charge in [-0.2, -0.15) is 0 Å². The summed E-state index contributed by atoms with van der Waals surface area (Å²) >= 11 is 10.3. The van der Waals surface area contributed by atoms with E-state index in [2.05, 4.69) is 63.1 Å². The molecule has 0 aliphatic rings. The molecule has 0 saturated carbocycles. The Hall–Kier alpha value is -0.980. The second-order valence-electron chi connectivity index (χ2n) is 4.14. The zero-order valence-corrected chi connectivity index (χ0v) is 14.8. The van der Waals surface area contributed by atoms with Crippen LogP contribution in [0.15, 0.2) is 56.1 Å². The van der Waals surface area contributed by atoms with E-state index in [9.17, 15) is 0 Å². The number of pyridine rings is 2. The first-order valence-corrected chi connectivity index (χ1v) is 8.14. The fraction of sp³-hybridized carbons (Fsp3) is 0. The molecule has 0 aliphatic heterocycles. The predicted octanol–water partition coefficient (Wildman–Crippen LogP) is 5.66. The van der Waals surface area contributed by atoms with E-state index in [0.717, 1.165) is 35.8 Å². The minimum absolute atomic E-state index is 0.755. The molecule has 100 valence electrons. The number of benzene rings is 1. The van der Waals surface area contributed by atoms with Crippen LogP contribution in [0.1, 0.15) is 0 Å². The van der Waals surface area contributed by atoms with Gasteiger partial charge in [0.15, 0.2) is 0 Å². The van der Waals surface area contributed by atoms with Gasteiger partial charge in [-0.05, 0) is 66.0 Å². The zero-order chi connectivity index (χ0) is 14.1. The van der Waals surface area contributed by atoms with E-state index in [1.165, 1.54) is 0 Å². The predicted molar refractivity (Wildman–Crippen MR) is 92.4 cm³/mol. The average molecular weight is 458 g/mol. The van der Waals surface area contributed by atoms with Crippen molar-refractivity contribution in [2.75, 3.05) is 5.32 Å². The molecular weight excluding hydrogens is 450 g/mol. The van der Waals surface area contributed by atoms with Gasteiger partial charge in [-0.25, -0.2) is 4.98 Å². The van der Waals surface area contributed by atoms with Gasteiger partial charge in [0.25, 0.3) is 0 Å². The molecule has 3 aromatic rings. The minimum atomic E-state index is 0.755. The molecule has 0 fully saturated rings. The van der Waals surface area contributed by atoms with Crippen LogP contribution in [0.3, 0.4) is 0 Å². The molecule has 3 nitrogen and oxygen atoms in total. The molecule has 0 atom stereocenters. The van der Waals surface area contributed by atoms with Crippen LogP contribution < -0.4 is 5.32 Å². The molecule has 0 bridgehead atoms. The molecule has 0 spiro atoms. The highest BCUT2D eigenvalue weighted by molar-refractivity contribution is 9.11. The third kappa shape index (κ3) is 2.87. The highest BCUT2D eigenvalue weighted by Crippen LogP contribution is 2.30. The van der Waals surface area contributed by atoms with Crippen LogP contribution >= 0.6 is 47.8 Å².